The van der Waals surface area contributed by atoms with Gasteiger partial charge < -0.3 is 4.74 Å². The summed E-state index contributed by atoms with van der Waals surface area (Å²) in [6.07, 6.45) is 6.01. The monoisotopic (exact) mass is 260 g/mol. The van der Waals surface area contributed by atoms with Crippen molar-refractivity contribution in [2.75, 3.05) is 6.61 Å². The Morgan fingerprint density at radius 2 is 2.00 bits per heavy atom. The zero-order valence-electron chi connectivity index (χ0n) is 12.0. The Morgan fingerprint density at radius 3 is 2.63 bits per heavy atom. The van der Waals surface area contributed by atoms with Crippen molar-refractivity contribution in [3.8, 4) is 0 Å². The summed E-state index contributed by atoms with van der Waals surface area (Å²) in [6.45, 7) is 4.61. The summed E-state index contributed by atoms with van der Waals surface area (Å²) in [5, 5.41) is 0. The molecule has 2 unspecified atom stereocenters. The minimum Gasteiger partial charge on any atom is -0.370 e. The van der Waals surface area contributed by atoms with Crippen LogP contribution in [-0.2, 0) is 11.2 Å². The van der Waals surface area contributed by atoms with Crippen molar-refractivity contribution in [2.45, 2.75) is 52.1 Å². The van der Waals surface area contributed by atoms with E-state index < -0.39 is 0 Å². The number of hydrogen-bond donors (Lipinski definition) is 0. The highest BCUT2D eigenvalue weighted by Crippen LogP contribution is 2.25. The van der Waals surface area contributed by atoms with Gasteiger partial charge in [-0.1, -0.05) is 51.0 Å². The fourth-order valence-electron chi connectivity index (χ4n) is 2.73. The van der Waals surface area contributed by atoms with E-state index in [0.717, 1.165) is 30.7 Å². The molecule has 0 amide bonds. The summed E-state index contributed by atoms with van der Waals surface area (Å²) in [6, 6.07) is 7.87. The lowest BCUT2D eigenvalue weighted by Crippen LogP contribution is -2.24. The van der Waals surface area contributed by atoms with E-state index in [1.54, 1.807) is 0 Å². The molecule has 2 atom stereocenters. The Labute approximate surface area is 116 Å². The number of aryl methyl sites for hydroxylation is 1. The van der Waals surface area contributed by atoms with E-state index in [9.17, 15) is 4.79 Å². The smallest absolute Gasteiger partial charge is 0.188 e. The Bertz CT molecular complexity index is 408. The summed E-state index contributed by atoms with van der Waals surface area (Å²) < 4.78 is 5.78. The molecule has 0 bridgehead atoms. The largest absolute Gasteiger partial charge is 0.370 e. The van der Waals surface area contributed by atoms with E-state index >= 15 is 0 Å². The van der Waals surface area contributed by atoms with Gasteiger partial charge in [0.2, 0.25) is 0 Å². The highest BCUT2D eigenvalue weighted by atomic mass is 16.5. The number of ether oxygens (including phenoxy) is 1. The number of rotatable bonds is 5. The molecule has 104 valence electrons. The maximum atomic E-state index is 12.0. The third-order valence-corrected chi connectivity index (χ3v) is 4.02. The van der Waals surface area contributed by atoms with Crippen LogP contribution in [0.4, 0.5) is 0 Å². The van der Waals surface area contributed by atoms with Gasteiger partial charge in [0.25, 0.3) is 0 Å². The summed E-state index contributed by atoms with van der Waals surface area (Å²) in [5.74, 6) is 0.832. The average molecular weight is 260 g/mol. The fourth-order valence-corrected chi connectivity index (χ4v) is 2.73. The van der Waals surface area contributed by atoms with Crippen LogP contribution in [0.15, 0.2) is 24.3 Å². The Kier molecular flexibility index (Phi) is 5.15. The minimum absolute atomic E-state index is 0.0980. The molecule has 1 aliphatic carbocycles. The SMILES string of the molecule is CCc1ccc(C(=O)COC2CCCC(C)C2)cc1. The summed E-state index contributed by atoms with van der Waals surface area (Å²) >= 11 is 0. The lowest BCUT2D eigenvalue weighted by Gasteiger charge is -2.26. The second kappa shape index (κ2) is 6.85. The van der Waals surface area contributed by atoms with Crippen molar-refractivity contribution in [1.29, 1.82) is 0 Å². The van der Waals surface area contributed by atoms with Gasteiger partial charge in [-0.2, -0.15) is 0 Å². The molecule has 1 fully saturated rings. The standard InChI is InChI=1S/C17H24O2/c1-3-14-7-9-15(10-8-14)17(18)12-19-16-6-4-5-13(2)11-16/h7-10,13,16H,3-6,11-12H2,1-2H3. The van der Waals surface area contributed by atoms with Crippen LogP contribution >= 0.6 is 0 Å². The molecule has 0 aromatic heterocycles. The number of Topliss-reactive ketones (excluding diaryl/α,β-unsaturated/α-hetero) is 1. The molecule has 19 heavy (non-hydrogen) atoms. The van der Waals surface area contributed by atoms with Gasteiger partial charge in [-0.3, -0.25) is 4.79 Å². The number of benzene rings is 1. The van der Waals surface area contributed by atoms with Crippen LogP contribution in [0.3, 0.4) is 0 Å². The van der Waals surface area contributed by atoms with Gasteiger partial charge in [0.15, 0.2) is 5.78 Å². The highest BCUT2D eigenvalue weighted by molar-refractivity contribution is 5.97. The zero-order valence-corrected chi connectivity index (χ0v) is 12.0. The molecule has 0 N–H and O–H groups in total. The molecule has 0 aliphatic heterocycles. The zero-order chi connectivity index (χ0) is 13.7. The van der Waals surface area contributed by atoms with Gasteiger partial charge in [-0.25, -0.2) is 0 Å². The van der Waals surface area contributed by atoms with Crippen molar-refractivity contribution < 1.29 is 9.53 Å². The first-order valence-electron chi connectivity index (χ1n) is 7.42. The summed E-state index contributed by atoms with van der Waals surface area (Å²) in [4.78, 5) is 12.0. The van der Waals surface area contributed by atoms with Gasteiger partial charge in [0, 0.05) is 5.56 Å². The number of carbonyl (C=O) groups is 1. The topological polar surface area (TPSA) is 26.3 Å². The quantitative estimate of drug-likeness (QED) is 0.747. The Balaban J connectivity index is 1.83. The first-order chi connectivity index (χ1) is 9.19. The van der Waals surface area contributed by atoms with Crippen molar-refractivity contribution in [3.63, 3.8) is 0 Å². The lowest BCUT2D eigenvalue weighted by molar-refractivity contribution is 0.0182. The number of ketones is 1. The normalized spacial score (nSPS) is 23.3. The molecule has 2 heteroatoms. The van der Waals surface area contributed by atoms with Crippen LogP contribution < -0.4 is 0 Å². The van der Waals surface area contributed by atoms with Gasteiger partial charge >= 0.3 is 0 Å². The predicted octanol–water partition coefficient (Wildman–Crippen LogP) is 4.03. The summed E-state index contributed by atoms with van der Waals surface area (Å²) in [5.41, 5.74) is 2.03. The van der Waals surface area contributed by atoms with E-state index in [0.29, 0.717) is 0 Å². The van der Waals surface area contributed by atoms with Crippen LogP contribution in [0.1, 0.15) is 55.5 Å². The van der Waals surface area contributed by atoms with Gasteiger partial charge in [-0.05, 0) is 30.7 Å². The molecule has 0 spiro atoms. The molecular weight excluding hydrogens is 236 g/mol. The Morgan fingerprint density at radius 1 is 1.26 bits per heavy atom. The van der Waals surface area contributed by atoms with Crippen LogP contribution in [0.5, 0.6) is 0 Å². The third kappa shape index (κ3) is 4.17. The van der Waals surface area contributed by atoms with E-state index in [-0.39, 0.29) is 18.5 Å². The number of carbonyl (C=O) groups excluding carboxylic acids is 1. The van der Waals surface area contributed by atoms with Gasteiger partial charge in [-0.15, -0.1) is 0 Å². The molecular formula is C17H24O2. The average Bonchev–Trinajstić information content (AvgIpc) is 2.45. The fraction of sp³-hybridized carbons (Fsp3) is 0.588. The maximum absolute atomic E-state index is 12.0. The van der Waals surface area contributed by atoms with E-state index in [1.807, 2.05) is 24.3 Å². The maximum Gasteiger partial charge on any atom is 0.188 e. The molecule has 2 rings (SSSR count). The molecule has 0 radical (unpaired) electrons. The van der Waals surface area contributed by atoms with Crippen molar-refractivity contribution in [1.82, 2.24) is 0 Å². The first kappa shape index (κ1) is 14.3. The molecule has 0 saturated heterocycles. The minimum atomic E-state index is 0.0980. The molecule has 2 nitrogen and oxygen atoms in total. The van der Waals surface area contributed by atoms with Crippen LogP contribution in [0.2, 0.25) is 0 Å². The van der Waals surface area contributed by atoms with Gasteiger partial charge in [0.05, 0.1) is 6.10 Å². The third-order valence-electron chi connectivity index (χ3n) is 4.02. The lowest BCUT2D eigenvalue weighted by atomic mass is 9.89. The molecule has 0 heterocycles. The van der Waals surface area contributed by atoms with Crippen molar-refractivity contribution in [3.05, 3.63) is 35.4 Å². The van der Waals surface area contributed by atoms with Crippen molar-refractivity contribution in [2.24, 2.45) is 5.92 Å². The molecule has 1 aromatic rings. The van der Waals surface area contributed by atoms with E-state index in [2.05, 4.69) is 13.8 Å². The first-order valence-corrected chi connectivity index (χ1v) is 7.42. The van der Waals surface area contributed by atoms with Gasteiger partial charge in [0.1, 0.15) is 6.61 Å². The van der Waals surface area contributed by atoms with Crippen molar-refractivity contribution >= 4 is 5.78 Å². The van der Waals surface area contributed by atoms with Crippen LogP contribution in [-0.4, -0.2) is 18.5 Å². The van der Waals surface area contributed by atoms with Crippen LogP contribution in [0, 0.1) is 5.92 Å². The molecule has 1 aliphatic rings. The van der Waals surface area contributed by atoms with E-state index in [4.69, 9.17) is 4.74 Å². The highest BCUT2D eigenvalue weighted by Gasteiger charge is 2.20. The molecule has 1 aromatic carbocycles. The second-order valence-electron chi connectivity index (χ2n) is 5.68. The van der Waals surface area contributed by atoms with Crippen LogP contribution in [0.25, 0.3) is 0 Å². The summed E-state index contributed by atoms with van der Waals surface area (Å²) in [7, 11) is 0. The Hall–Kier alpha value is -1.15. The molecule has 1 saturated carbocycles. The number of hydrogen-bond acceptors (Lipinski definition) is 2. The predicted molar refractivity (Wildman–Crippen MR) is 77.5 cm³/mol. The van der Waals surface area contributed by atoms with E-state index in [1.165, 1.54) is 18.4 Å². The second-order valence-corrected chi connectivity index (χ2v) is 5.68.